The second kappa shape index (κ2) is 5.37. The number of rotatable bonds is 5. The molecule has 0 unspecified atom stereocenters. The zero-order valence-electron chi connectivity index (χ0n) is 10.3. The Morgan fingerprint density at radius 3 is 2.41 bits per heavy atom. The lowest BCUT2D eigenvalue weighted by molar-refractivity contribution is -0.155. The van der Waals surface area contributed by atoms with Gasteiger partial charge >= 0.3 is 11.9 Å². The minimum atomic E-state index is -0.490. The Balaban J connectivity index is 2.50. The lowest BCUT2D eigenvalue weighted by atomic mass is 10.0. The lowest BCUT2D eigenvalue weighted by Crippen LogP contribution is -2.27. The summed E-state index contributed by atoms with van der Waals surface area (Å²) in [5.74, 6) is -0.574. The van der Waals surface area contributed by atoms with Crippen molar-refractivity contribution in [2.75, 3.05) is 7.11 Å². The van der Waals surface area contributed by atoms with Crippen LogP contribution in [0.15, 0.2) is 12.2 Å². The van der Waals surface area contributed by atoms with Crippen molar-refractivity contribution in [2.45, 2.75) is 36.7 Å². The first-order valence-electron chi connectivity index (χ1n) is 5.46. The molecule has 0 aliphatic heterocycles. The van der Waals surface area contributed by atoms with Crippen LogP contribution in [0.25, 0.3) is 0 Å². The third kappa shape index (κ3) is 4.65. The van der Waals surface area contributed by atoms with Gasteiger partial charge in [0.25, 0.3) is 0 Å². The van der Waals surface area contributed by atoms with Crippen LogP contribution in [0.1, 0.15) is 33.1 Å². The molecule has 1 fully saturated rings. The number of hydrogen-bond donors (Lipinski definition) is 0. The number of halogens is 1. The third-order valence-electron chi connectivity index (χ3n) is 2.59. The molecule has 0 radical (unpaired) electrons. The van der Waals surface area contributed by atoms with Crippen LogP contribution < -0.4 is 0 Å². The largest absolute Gasteiger partial charge is 0.466 e. The molecule has 1 saturated carbocycles. The number of alkyl halides is 1. The summed E-state index contributed by atoms with van der Waals surface area (Å²) in [5, 5.41) is 0. The summed E-state index contributed by atoms with van der Waals surface area (Å²) in [6.45, 7) is 3.68. The van der Waals surface area contributed by atoms with Gasteiger partial charge in [0, 0.05) is 6.08 Å². The van der Waals surface area contributed by atoms with Gasteiger partial charge in [0.15, 0.2) is 3.61 Å². The summed E-state index contributed by atoms with van der Waals surface area (Å²) in [5.41, 5.74) is -0.410. The second-order valence-electron chi connectivity index (χ2n) is 4.66. The van der Waals surface area contributed by atoms with Gasteiger partial charge in [-0.05, 0) is 55.7 Å². The number of esters is 2. The van der Waals surface area contributed by atoms with Crippen LogP contribution in [0.2, 0.25) is 0 Å². The predicted octanol–water partition coefficient (Wildman–Crippen LogP) is 2.60. The summed E-state index contributed by atoms with van der Waals surface area (Å²) in [4.78, 5) is 22.8. The monoisotopic (exact) mass is 352 g/mol. The van der Waals surface area contributed by atoms with Gasteiger partial charge in [0.05, 0.1) is 12.5 Å². The molecule has 96 valence electrons. The van der Waals surface area contributed by atoms with Crippen molar-refractivity contribution >= 4 is 34.5 Å². The number of carbonyl (C=O) groups is 2. The quantitative estimate of drug-likeness (QED) is 0.330. The van der Waals surface area contributed by atoms with Crippen LogP contribution in [-0.2, 0) is 19.1 Å². The van der Waals surface area contributed by atoms with E-state index >= 15 is 0 Å². The summed E-state index contributed by atoms with van der Waals surface area (Å²) in [6.07, 6.45) is 5.21. The van der Waals surface area contributed by atoms with E-state index in [0.29, 0.717) is 6.42 Å². The van der Waals surface area contributed by atoms with Crippen LogP contribution in [-0.4, -0.2) is 22.7 Å². The average molecular weight is 352 g/mol. The molecule has 0 heterocycles. The molecule has 0 bridgehead atoms. The third-order valence-corrected chi connectivity index (χ3v) is 2.81. The molecule has 0 N–H and O–H groups in total. The lowest BCUT2D eigenvalue weighted by Gasteiger charge is -2.21. The normalized spacial score (nSPS) is 17.9. The summed E-state index contributed by atoms with van der Waals surface area (Å²) < 4.78 is 9.34. The van der Waals surface area contributed by atoms with Gasteiger partial charge in [-0.1, -0.05) is 6.08 Å². The van der Waals surface area contributed by atoms with Gasteiger partial charge in [-0.3, -0.25) is 4.79 Å². The molecular formula is C12H17IO4. The molecule has 0 aromatic carbocycles. The number of carbonyl (C=O) groups excluding carboxylic acids is 2. The Morgan fingerprint density at radius 1 is 1.41 bits per heavy atom. The molecule has 5 heteroatoms. The van der Waals surface area contributed by atoms with Gasteiger partial charge in [-0.15, -0.1) is 0 Å². The van der Waals surface area contributed by atoms with E-state index in [2.05, 4.69) is 27.3 Å². The summed E-state index contributed by atoms with van der Waals surface area (Å²) >= 11 is 2.08. The molecule has 0 atom stereocenters. The van der Waals surface area contributed by atoms with E-state index in [1.165, 1.54) is 13.2 Å². The van der Waals surface area contributed by atoms with Crippen LogP contribution in [0.5, 0.6) is 0 Å². The molecule has 1 aliphatic carbocycles. The van der Waals surface area contributed by atoms with Crippen molar-refractivity contribution in [3.63, 3.8) is 0 Å². The van der Waals surface area contributed by atoms with Gasteiger partial charge in [-0.2, -0.15) is 0 Å². The molecule has 0 amide bonds. The number of methoxy groups -OCH3 is 1. The highest BCUT2D eigenvalue weighted by molar-refractivity contribution is 14.1. The van der Waals surface area contributed by atoms with Crippen molar-refractivity contribution in [3.8, 4) is 0 Å². The molecular weight excluding hydrogens is 335 g/mol. The smallest absolute Gasteiger partial charge is 0.330 e. The molecule has 0 aromatic heterocycles. The standard InChI is InChI=1S/C12H17IO4/c1-11(2,13)17-10(15)12(7-8-12)6-4-5-9(14)16-3/h4-5H,6-8H2,1-3H3. The van der Waals surface area contributed by atoms with E-state index in [1.807, 2.05) is 13.8 Å². The fourth-order valence-corrected chi connectivity index (χ4v) is 1.62. The predicted molar refractivity (Wildman–Crippen MR) is 71.6 cm³/mol. The molecule has 1 rings (SSSR count). The Labute approximate surface area is 115 Å². The van der Waals surface area contributed by atoms with Crippen molar-refractivity contribution in [1.82, 2.24) is 0 Å². The fraction of sp³-hybridized carbons (Fsp3) is 0.667. The number of allylic oxidation sites excluding steroid dienone is 1. The minimum absolute atomic E-state index is 0.175. The molecule has 0 saturated heterocycles. The molecule has 0 aromatic rings. The van der Waals surface area contributed by atoms with Gasteiger partial charge in [-0.25, -0.2) is 4.79 Å². The van der Waals surface area contributed by atoms with Crippen LogP contribution in [0.3, 0.4) is 0 Å². The maximum Gasteiger partial charge on any atom is 0.330 e. The summed E-state index contributed by atoms with van der Waals surface area (Å²) in [7, 11) is 1.33. The van der Waals surface area contributed by atoms with E-state index in [9.17, 15) is 9.59 Å². The maximum absolute atomic E-state index is 11.9. The first kappa shape index (κ1) is 14.5. The number of hydrogen-bond acceptors (Lipinski definition) is 4. The van der Waals surface area contributed by atoms with Crippen molar-refractivity contribution in [2.24, 2.45) is 5.41 Å². The van der Waals surface area contributed by atoms with Gasteiger partial charge < -0.3 is 9.47 Å². The van der Waals surface area contributed by atoms with Crippen LogP contribution in [0.4, 0.5) is 0 Å². The van der Waals surface area contributed by atoms with Gasteiger partial charge in [0.2, 0.25) is 0 Å². The SMILES string of the molecule is COC(=O)C=CCC1(C(=O)OC(C)(C)I)CC1. The van der Waals surface area contributed by atoms with E-state index in [0.717, 1.165) is 12.8 Å². The van der Waals surface area contributed by atoms with E-state index in [1.54, 1.807) is 6.08 Å². The minimum Gasteiger partial charge on any atom is -0.466 e. The zero-order valence-corrected chi connectivity index (χ0v) is 12.4. The Kier molecular flexibility index (Phi) is 4.57. The van der Waals surface area contributed by atoms with Crippen LogP contribution in [0, 0.1) is 5.41 Å². The van der Waals surface area contributed by atoms with E-state index in [-0.39, 0.29) is 5.97 Å². The first-order chi connectivity index (χ1) is 7.79. The summed E-state index contributed by atoms with van der Waals surface area (Å²) in [6, 6.07) is 0. The molecule has 4 nitrogen and oxygen atoms in total. The topological polar surface area (TPSA) is 52.6 Å². The van der Waals surface area contributed by atoms with E-state index < -0.39 is 15.0 Å². The second-order valence-corrected chi connectivity index (χ2v) is 7.26. The number of ether oxygens (including phenoxy) is 2. The fourth-order valence-electron chi connectivity index (χ4n) is 1.42. The van der Waals surface area contributed by atoms with Crippen molar-refractivity contribution in [3.05, 3.63) is 12.2 Å². The molecule has 0 spiro atoms. The highest BCUT2D eigenvalue weighted by Crippen LogP contribution is 2.51. The Morgan fingerprint density at radius 2 is 2.00 bits per heavy atom. The van der Waals surface area contributed by atoms with Crippen LogP contribution >= 0.6 is 22.6 Å². The average Bonchev–Trinajstić information content (AvgIpc) is 2.96. The zero-order chi connectivity index (χ0) is 13.1. The van der Waals surface area contributed by atoms with Crippen molar-refractivity contribution < 1.29 is 19.1 Å². The van der Waals surface area contributed by atoms with Crippen molar-refractivity contribution in [1.29, 1.82) is 0 Å². The van der Waals surface area contributed by atoms with Gasteiger partial charge in [0.1, 0.15) is 0 Å². The van der Waals surface area contributed by atoms with E-state index in [4.69, 9.17) is 4.74 Å². The molecule has 17 heavy (non-hydrogen) atoms. The first-order valence-corrected chi connectivity index (χ1v) is 6.54. The molecule has 1 aliphatic rings. The highest BCUT2D eigenvalue weighted by Gasteiger charge is 2.51. The highest BCUT2D eigenvalue weighted by atomic mass is 127. The Hall–Kier alpha value is -0.590. The Bertz CT molecular complexity index is 337. The maximum atomic E-state index is 11.9.